The standard InChI is InChI=1S/C16H15ClFNO2/c1-11(12-4-2-5-13(17)8-12)19-16(20)10-21-15-7-3-6-14(18)9-15/h2-9,11H,10H2,1H3,(H,19,20)/t11-/m1/s1. The molecule has 3 nitrogen and oxygen atoms in total. The molecule has 0 bridgehead atoms. The molecule has 110 valence electrons. The number of amides is 1. The average Bonchev–Trinajstić information content (AvgIpc) is 2.45. The van der Waals surface area contributed by atoms with Gasteiger partial charge in [-0.2, -0.15) is 0 Å². The molecule has 0 unspecified atom stereocenters. The molecule has 0 radical (unpaired) electrons. The van der Waals surface area contributed by atoms with Crippen molar-refractivity contribution in [3.8, 4) is 5.75 Å². The Labute approximate surface area is 127 Å². The Morgan fingerprint density at radius 1 is 1.29 bits per heavy atom. The van der Waals surface area contributed by atoms with Gasteiger partial charge < -0.3 is 10.1 Å². The van der Waals surface area contributed by atoms with Gasteiger partial charge in [0.25, 0.3) is 5.91 Å². The summed E-state index contributed by atoms with van der Waals surface area (Å²) in [5.74, 6) is -0.368. The molecule has 0 heterocycles. The number of hydrogen-bond donors (Lipinski definition) is 1. The highest BCUT2D eigenvalue weighted by atomic mass is 35.5. The number of carbonyl (C=O) groups is 1. The summed E-state index contributed by atoms with van der Waals surface area (Å²) in [4.78, 5) is 11.8. The summed E-state index contributed by atoms with van der Waals surface area (Å²) in [6.07, 6.45) is 0. The fourth-order valence-electron chi connectivity index (χ4n) is 1.85. The van der Waals surface area contributed by atoms with Gasteiger partial charge in [-0.05, 0) is 36.8 Å². The van der Waals surface area contributed by atoms with Crippen molar-refractivity contribution in [1.82, 2.24) is 5.32 Å². The largest absolute Gasteiger partial charge is 0.484 e. The lowest BCUT2D eigenvalue weighted by molar-refractivity contribution is -0.123. The SMILES string of the molecule is C[C@@H](NC(=O)COc1cccc(F)c1)c1cccc(Cl)c1. The third-order valence-corrected chi connectivity index (χ3v) is 3.13. The number of carbonyl (C=O) groups excluding carboxylic acids is 1. The van der Waals surface area contributed by atoms with Crippen LogP contribution >= 0.6 is 11.6 Å². The Kier molecular flexibility index (Phi) is 5.17. The highest BCUT2D eigenvalue weighted by Gasteiger charge is 2.10. The lowest BCUT2D eigenvalue weighted by Gasteiger charge is -2.15. The van der Waals surface area contributed by atoms with Crippen molar-refractivity contribution in [3.05, 3.63) is 64.9 Å². The van der Waals surface area contributed by atoms with E-state index in [0.717, 1.165) is 5.56 Å². The molecule has 0 aliphatic rings. The van der Waals surface area contributed by atoms with Gasteiger partial charge >= 0.3 is 0 Å². The van der Waals surface area contributed by atoms with Gasteiger partial charge in [-0.3, -0.25) is 4.79 Å². The predicted molar refractivity (Wildman–Crippen MR) is 79.9 cm³/mol. The van der Waals surface area contributed by atoms with Gasteiger partial charge in [-0.1, -0.05) is 29.8 Å². The first-order valence-corrected chi connectivity index (χ1v) is 6.85. The third-order valence-electron chi connectivity index (χ3n) is 2.89. The minimum absolute atomic E-state index is 0.172. The zero-order valence-corrected chi connectivity index (χ0v) is 12.2. The third kappa shape index (κ3) is 4.76. The molecule has 0 saturated heterocycles. The Bertz CT molecular complexity index is 633. The molecule has 0 aliphatic carbocycles. The summed E-state index contributed by atoms with van der Waals surface area (Å²) in [6, 6.07) is 12.7. The van der Waals surface area contributed by atoms with Crippen LogP contribution in [0.5, 0.6) is 5.75 Å². The average molecular weight is 308 g/mol. The van der Waals surface area contributed by atoms with Gasteiger partial charge in [0.05, 0.1) is 6.04 Å². The van der Waals surface area contributed by atoms with Crippen molar-refractivity contribution in [3.63, 3.8) is 0 Å². The van der Waals surface area contributed by atoms with E-state index in [4.69, 9.17) is 16.3 Å². The molecule has 2 rings (SSSR count). The fraction of sp³-hybridized carbons (Fsp3) is 0.188. The quantitative estimate of drug-likeness (QED) is 0.914. The fourth-order valence-corrected chi connectivity index (χ4v) is 2.05. The first kappa shape index (κ1) is 15.3. The van der Waals surface area contributed by atoms with Crippen LogP contribution in [0.1, 0.15) is 18.5 Å². The maximum atomic E-state index is 13.0. The van der Waals surface area contributed by atoms with Crippen molar-refractivity contribution in [1.29, 1.82) is 0 Å². The van der Waals surface area contributed by atoms with Crippen molar-refractivity contribution in [2.75, 3.05) is 6.61 Å². The van der Waals surface area contributed by atoms with E-state index in [0.29, 0.717) is 10.8 Å². The molecule has 0 saturated carbocycles. The Hall–Kier alpha value is -2.07. The second kappa shape index (κ2) is 7.09. The number of rotatable bonds is 5. The molecule has 1 N–H and O–H groups in total. The van der Waals surface area contributed by atoms with Crippen LogP contribution in [0, 0.1) is 5.82 Å². The summed E-state index contributed by atoms with van der Waals surface area (Å²) in [6.45, 7) is 1.68. The van der Waals surface area contributed by atoms with Crippen molar-refractivity contribution in [2.24, 2.45) is 0 Å². The first-order valence-electron chi connectivity index (χ1n) is 6.48. The Morgan fingerprint density at radius 3 is 2.76 bits per heavy atom. The van der Waals surface area contributed by atoms with E-state index in [2.05, 4.69) is 5.32 Å². The second-order valence-corrected chi connectivity index (χ2v) is 5.03. The minimum Gasteiger partial charge on any atom is -0.484 e. The summed E-state index contributed by atoms with van der Waals surface area (Å²) >= 11 is 5.91. The number of hydrogen-bond acceptors (Lipinski definition) is 2. The zero-order chi connectivity index (χ0) is 15.2. The van der Waals surface area contributed by atoms with Crippen LogP contribution in [-0.4, -0.2) is 12.5 Å². The molecule has 1 amide bonds. The Balaban J connectivity index is 1.87. The molecular formula is C16H15ClFNO2. The molecule has 0 spiro atoms. The molecule has 0 aliphatic heterocycles. The van der Waals surface area contributed by atoms with Crippen molar-refractivity contribution < 1.29 is 13.9 Å². The van der Waals surface area contributed by atoms with Crippen LogP contribution < -0.4 is 10.1 Å². The van der Waals surface area contributed by atoms with Gasteiger partial charge in [-0.25, -0.2) is 4.39 Å². The lowest BCUT2D eigenvalue weighted by Crippen LogP contribution is -2.31. The van der Waals surface area contributed by atoms with Crippen LogP contribution in [0.2, 0.25) is 5.02 Å². The van der Waals surface area contributed by atoms with E-state index in [-0.39, 0.29) is 18.6 Å². The van der Waals surface area contributed by atoms with Gasteiger partial charge in [0, 0.05) is 11.1 Å². The topological polar surface area (TPSA) is 38.3 Å². The van der Waals surface area contributed by atoms with Crippen LogP contribution in [0.3, 0.4) is 0 Å². The maximum absolute atomic E-state index is 13.0. The molecule has 0 fully saturated rings. The van der Waals surface area contributed by atoms with E-state index in [9.17, 15) is 9.18 Å². The van der Waals surface area contributed by atoms with E-state index in [1.807, 2.05) is 19.1 Å². The number of halogens is 2. The van der Waals surface area contributed by atoms with E-state index in [1.54, 1.807) is 18.2 Å². The first-order chi connectivity index (χ1) is 10.0. The van der Waals surface area contributed by atoms with Gasteiger partial charge in [-0.15, -0.1) is 0 Å². The summed E-state index contributed by atoms with van der Waals surface area (Å²) < 4.78 is 18.2. The predicted octanol–water partition coefficient (Wildman–Crippen LogP) is 3.74. The molecule has 1 atom stereocenters. The number of nitrogens with one attached hydrogen (secondary N) is 1. The maximum Gasteiger partial charge on any atom is 0.258 e. The molecule has 5 heteroatoms. The van der Waals surface area contributed by atoms with Gasteiger partial charge in [0.15, 0.2) is 6.61 Å². The van der Waals surface area contributed by atoms with Crippen molar-refractivity contribution >= 4 is 17.5 Å². The molecule has 2 aromatic carbocycles. The molecule has 2 aromatic rings. The van der Waals surface area contributed by atoms with Crippen LogP contribution in [0.4, 0.5) is 4.39 Å². The van der Waals surface area contributed by atoms with E-state index in [1.165, 1.54) is 18.2 Å². The normalized spacial score (nSPS) is 11.8. The van der Waals surface area contributed by atoms with Crippen LogP contribution in [0.15, 0.2) is 48.5 Å². The Morgan fingerprint density at radius 2 is 2.05 bits per heavy atom. The summed E-state index contributed by atoms with van der Waals surface area (Å²) in [5, 5.41) is 3.41. The zero-order valence-electron chi connectivity index (χ0n) is 11.5. The molecular weight excluding hydrogens is 293 g/mol. The number of ether oxygens (including phenoxy) is 1. The highest BCUT2D eigenvalue weighted by Crippen LogP contribution is 2.17. The van der Waals surface area contributed by atoms with Gasteiger partial charge in [0.1, 0.15) is 11.6 Å². The smallest absolute Gasteiger partial charge is 0.258 e. The minimum atomic E-state index is -0.403. The van der Waals surface area contributed by atoms with E-state index < -0.39 is 5.82 Å². The second-order valence-electron chi connectivity index (χ2n) is 4.59. The highest BCUT2D eigenvalue weighted by molar-refractivity contribution is 6.30. The molecule has 21 heavy (non-hydrogen) atoms. The van der Waals surface area contributed by atoms with Crippen molar-refractivity contribution in [2.45, 2.75) is 13.0 Å². The molecule has 0 aromatic heterocycles. The lowest BCUT2D eigenvalue weighted by atomic mass is 10.1. The van der Waals surface area contributed by atoms with Gasteiger partial charge in [0.2, 0.25) is 0 Å². The van der Waals surface area contributed by atoms with Crippen LogP contribution in [-0.2, 0) is 4.79 Å². The summed E-state index contributed by atoms with van der Waals surface area (Å²) in [7, 11) is 0. The monoisotopic (exact) mass is 307 g/mol. The number of benzene rings is 2. The van der Waals surface area contributed by atoms with Crippen LogP contribution in [0.25, 0.3) is 0 Å². The van der Waals surface area contributed by atoms with E-state index >= 15 is 0 Å². The summed E-state index contributed by atoms with van der Waals surface area (Å²) in [5.41, 5.74) is 0.904.